The van der Waals surface area contributed by atoms with Crippen LogP contribution in [0, 0.1) is 0 Å². The number of benzene rings is 3. The lowest BCUT2D eigenvalue weighted by Gasteiger charge is -2.11. The van der Waals surface area contributed by atoms with Crippen LogP contribution in [-0.2, 0) is 6.54 Å². The number of carbonyl (C=O) groups is 1. The van der Waals surface area contributed by atoms with Gasteiger partial charge in [0.25, 0.3) is 11.5 Å². The Morgan fingerprint density at radius 3 is 2.57 bits per heavy atom. The molecule has 0 aliphatic rings. The van der Waals surface area contributed by atoms with E-state index in [1.165, 1.54) is 6.07 Å². The molecule has 0 spiro atoms. The van der Waals surface area contributed by atoms with Crippen molar-refractivity contribution in [3.05, 3.63) is 112 Å². The lowest BCUT2D eigenvalue weighted by atomic mass is 10.0. The highest BCUT2D eigenvalue weighted by molar-refractivity contribution is 6.30. The van der Waals surface area contributed by atoms with E-state index in [2.05, 4.69) is 5.32 Å². The van der Waals surface area contributed by atoms with Crippen molar-refractivity contribution in [2.45, 2.75) is 6.54 Å². The van der Waals surface area contributed by atoms with Crippen molar-refractivity contribution in [3.63, 3.8) is 0 Å². The lowest BCUT2D eigenvalue weighted by molar-refractivity contribution is 0.102. The summed E-state index contributed by atoms with van der Waals surface area (Å²) in [6.45, 7) is 0.387. The predicted molar refractivity (Wildman–Crippen MR) is 113 cm³/mol. The van der Waals surface area contributed by atoms with Crippen LogP contribution in [0.5, 0.6) is 0 Å². The summed E-state index contributed by atoms with van der Waals surface area (Å²) in [4.78, 5) is 25.5. The summed E-state index contributed by atoms with van der Waals surface area (Å²) in [6, 6.07) is 24.1. The zero-order valence-electron chi connectivity index (χ0n) is 14.9. The van der Waals surface area contributed by atoms with Crippen molar-refractivity contribution in [2.24, 2.45) is 0 Å². The Morgan fingerprint density at radius 2 is 1.71 bits per heavy atom. The Labute approximate surface area is 167 Å². The number of amides is 1. The molecule has 4 rings (SSSR count). The molecule has 0 saturated carbocycles. The van der Waals surface area contributed by atoms with Crippen molar-refractivity contribution >= 4 is 34.0 Å². The van der Waals surface area contributed by atoms with Crippen molar-refractivity contribution in [1.82, 2.24) is 4.57 Å². The summed E-state index contributed by atoms with van der Waals surface area (Å²) in [5, 5.41) is 5.44. The van der Waals surface area contributed by atoms with Gasteiger partial charge in [-0.05, 0) is 46.7 Å². The molecule has 1 N–H and O–H groups in total. The number of fused-ring (bicyclic) bond motifs is 1. The molecule has 0 fully saturated rings. The van der Waals surface area contributed by atoms with Crippen LogP contribution >= 0.6 is 11.6 Å². The largest absolute Gasteiger partial charge is 0.322 e. The minimum atomic E-state index is -0.459. The summed E-state index contributed by atoms with van der Waals surface area (Å²) in [5.41, 5.74) is 1.31. The first-order valence-corrected chi connectivity index (χ1v) is 9.22. The molecule has 3 aromatic carbocycles. The monoisotopic (exact) mass is 388 g/mol. The molecule has 1 heterocycles. The van der Waals surface area contributed by atoms with Gasteiger partial charge < -0.3 is 9.88 Å². The van der Waals surface area contributed by atoms with Crippen LogP contribution in [0.3, 0.4) is 0 Å². The number of halogens is 1. The summed E-state index contributed by atoms with van der Waals surface area (Å²) in [5.74, 6) is -0.459. The maximum Gasteiger partial charge on any atom is 0.263 e. The van der Waals surface area contributed by atoms with E-state index in [4.69, 9.17) is 11.6 Å². The van der Waals surface area contributed by atoms with Crippen LogP contribution in [0.25, 0.3) is 10.8 Å². The molecule has 0 saturated heterocycles. The smallest absolute Gasteiger partial charge is 0.263 e. The van der Waals surface area contributed by atoms with Gasteiger partial charge in [0.15, 0.2) is 0 Å². The Balaban J connectivity index is 1.65. The summed E-state index contributed by atoms with van der Waals surface area (Å²) in [7, 11) is 0. The normalized spacial score (nSPS) is 10.8. The summed E-state index contributed by atoms with van der Waals surface area (Å²) in [6.07, 6.45) is 1.69. The zero-order chi connectivity index (χ0) is 19.5. The van der Waals surface area contributed by atoms with Crippen molar-refractivity contribution < 1.29 is 4.79 Å². The first kappa shape index (κ1) is 18.0. The SMILES string of the molecule is O=C(Nc1cccc(Cl)c1)c1cccn(Cc2cccc3ccccc23)c1=O. The Morgan fingerprint density at radius 1 is 0.929 bits per heavy atom. The number of aromatic nitrogens is 1. The van der Waals surface area contributed by atoms with E-state index in [0.717, 1.165) is 16.3 Å². The van der Waals surface area contributed by atoms with E-state index in [1.807, 2.05) is 42.5 Å². The molecule has 1 amide bonds. The lowest BCUT2D eigenvalue weighted by Crippen LogP contribution is -2.29. The van der Waals surface area contributed by atoms with E-state index in [9.17, 15) is 9.59 Å². The minimum Gasteiger partial charge on any atom is -0.322 e. The third kappa shape index (κ3) is 3.68. The average molecular weight is 389 g/mol. The molecule has 0 aliphatic heterocycles. The van der Waals surface area contributed by atoms with E-state index >= 15 is 0 Å². The molecule has 4 nitrogen and oxygen atoms in total. The summed E-state index contributed by atoms with van der Waals surface area (Å²) >= 11 is 5.95. The fourth-order valence-electron chi connectivity index (χ4n) is 3.21. The zero-order valence-corrected chi connectivity index (χ0v) is 15.7. The van der Waals surface area contributed by atoms with Crippen molar-refractivity contribution in [3.8, 4) is 0 Å². The Bertz CT molecular complexity index is 1230. The van der Waals surface area contributed by atoms with E-state index in [0.29, 0.717) is 17.3 Å². The topological polar surface area (TPSA) is 51.1 Å². The number of carbonyl (C=O) groups excluding carboxylic acids is 1. The number of anilines is 1. The maximum absolute atomic E-state index is 12.9. The first-order valence-electron chi connectivity index (χ1n) is 8.85. The molecule has 0 radical (unpaired) electrons. The second-order valence-corrected chi connectivity index (χ2v) is 6.89. The van der Waals surface area contributed by atoms with Gasteiger partial charge in [-0.1, -0.05) is 60.1 Å². The predicted octanol–water partition coefficient (Wildman–Crippen LogP) is 4.96. The van der Waals surface area contributed by atoms with Crippen molar-refractivity contribution in [2.75, 3.05) is 5.32 Å². The number of nitrogens with zero attached hydrogens (tertiary/aromatic N) is 1. The highest BCUT2D eigenvalue weighted by Crippen LogP contribution is 2.19. The molecular formula is C23H17ClN2O2. The molecule has 28 heavy (non-hydrogen) atoms. The molecule has 0 atom stereocenters. The van der Waals surface area contributed by atoms with E-state index in [1.54, 1.807) is 41.1 Å². The maximum atomic E-state index is 12.9. The number of nitrogens with one attached hydrogen (secondary N) is 1. The molecule has 0 unspecified atom stereocenters. The molecule has 0 bridgehead atoms. The molecule has 138 valence electrons. The van der Waals surface area contributed by atoms with Crippen LogP contribution in [0.4, 0.5) is 5.69 Å². The highest BCUT2D eigenvalue weighted by atomic mass is 35.5. The van der Waals surface area contributed by atoms with Crippen LogP contribution in [-0.4, -0.2) is 10.5 Å². The van der Waals surface area contributed by atoms with Gasteiger partial charge in [0.05, 0.1) is 6.54 Å². The van der Waals surface area contributed by atoms with Gasteiger partial charge in [-0.15, -0.1) is 0 Å². The van der Waals surface area contributed by atoms with E-state index in [-0.39, 0.29) is 11.1 Å². The fraction of sp³-hybridized carbons (Fsp3) is 0.0435. The van der Waals surface area contributed by atoms with Crippen molar-refractivity contribution in [1.29, 1.82) is 0 Å². The summed E-state index contributed by atoms with van der Waals surface area (Å²) < 4.78 is 1.55. The van der Waals surface area contributed by atoms with Crippen LogP contribution in [0.15, 0.2) is 89.9 Å². The molecular weight excluding hydrogens is 372 g/mol. The number of hydrogen-bond donors (Lipinski definition) is 1. The molecule has 1 aromatic heterocycles. The van der Waals surface area contributed by atoms with E-state index < -0.39 is 5.91 Å². The molecule has 5 heteroatoms. The molecule has 4 aromatic rings. The van der Waals surface area contributed by atoms with Gasteiger partial charge in [0, 0.05) is 16.9 Å². The quantitative estimate of drug-likeness (QED) is 0.537. The Kier molecular flexibility index (Phi) is 4.96. The number of hydrogen-bond acceptors (Lipinski definition) is 2. The average Bonchev–Trinajstić information content (AvgIpc) is 2.70. The van der Waals surface area contributed by atoms with Gasteiger partial charge in [-0.25, -0.2) is 0 Å². The minimum absolute atomic E-state index is 0.0858. The Hall–Kier alpha value is -3.37. The second-order valence-electron chi connectivity index (χ2n) is 6.46. The number of rotatable bonds is 4. The number of pyridine rings is 1. The highest BCUT2D eigenvalue weighted by Gasteiger charge is 2.13. The fourth-order valence-corrected chi connectivity index (χ4v) is 3.40. The van der Waals surface area contributed by atoms with Gasteiger partial charge in [-0.2, -0.15) is 0 Å². The van der Waals surface area contributed by atoms with Gasteiger partial charge in [-0.3, -0.25) is 9.59 Å². The van der Waals surface area contributed by atoms with Gasteiger partial charge in [0.2, 0.25) is 0 Å². The first-order chi connectivity index (χ1) is 13.6. The van der Waals surface area contributed by atoms with Crippen LogP contribution < -0.4 is 10.9 Å². The van der Waals surface area contributed by atoms with Gasteiger partial charge >= 0.3 is 0 Å². The second kappa shape index (κ2) is 7.71. The molecule has 0 aliphatic carbocycles. The third-order valence-corrected chi connectivity index (χ3v) is 4.80. The standard InChI is InChI=1S/C23H17ClN2O2/c24-18-9-4-10-19(14-18)25-22(27)21-12-5-13-26(23(21)28)15-17-8-3-7-16-6-1-2-11-20(16)17/h1-14H,15H2,(H,25,27). The van der Waals surface area contributed by atoms with Crippen LogP contribution in [0.1, 0.15) is 15.9 Å². The van der Waals surface area contributed by atoms with Crippen LogP contribution in [0.2, 0.25) is 5.02 Å². The third-order valence-electron chi connectivity index (χ3n) is 4.57. The van der Waals surface area contributed by atoms with Gasteiger partial charge in [0.1, 0.15) is 5.56 Å².